The van der Waals surface area contributed by atoms with Crippen molar-refractivity contribution in [3.05, 3.63) is 87.4 Å². The van der Waals surface area contributed by atoms with E-state index in [0.29, 0.717) is 23.9 Å². The average molecular weight is 508 g/mol. The second kappa shape index (κ2) is 9.65. The van der Waals surface area contributed by atoms with Gasteiger partial charge in [-0.2, -0.15) is 0 Å². The number of rotatable bonds is 6. The van der Waals surface area contributed by atoms with E-state index in [9.17, 15) is 15.0 Å². The fourth-order valence-corrected chi connectivity index (χ4v) is 5.76. The van der Waals surface area contributed by atoms with Gasteiger partial charge in [-0.15, -0.1) is 0 Å². The first-order valence-corrected chi connectivity index (χ1v) is 12.5. The number of aryl methyl sites for hydroxylation is 2. The van der Waals surface area contributed by atoms with Crippen LogP contribution in [0, 0.1) is 19.8 Å². The van der Waals surface area contributed by atoms with Crippen molar-refractivity contribution in [2.75, 3.05) is 6.61 Å². The molecule has 36 heavy (non-hydrogen) atoms. The van der Waals surface area contributed by atoms with Gasteiger partial charge in [0, 0.05) is 23.0 Å². The molecule has 2 aliphatic heterocycles. The fourth-order valence-electron chi connectivity index (χ4n) is 5.57. The van der Waals surface area contributed by atoms with Crippen LogP contribution in [0.1, 0.15) is 46.8 Å². The number of phenolic OH excluding ortho intramolecular Hbond substituents is 2. The van der Waals surface area contributed by atoms with E-state index in [2.05, 4.69) is 10.9 Å². The summed E-state index contributed by atoms with van der Waals surface area (Å²) in [6.45, 7) is 6.45. The number of fused-ring (bicyclic) bond motifs is 1. The largest absolute Gasteiger partial charge is 0.507 e. The number of hydrazine groups is 1. The standard InChI is InChI=1S/C28H30ClN3O4/c1-4-36-22-13-17(9-10-21(22)33)26-23-24(19-12-15(2)11-16(3)27(19)34)30-31-25(23)28(35)32(26)14-18-7-5-6-8-20(18)29/h5-13,23-26,30-31,33-34H,4,14H2,1-3H3. The van der Waals surface area contributed by atoms with Gasteiger partial charge in [-0.05, 0) is 55.7 Å². The molecule has 0 radical (unpaired) electrons. The molecule has 2 fully saturated rings. The quantitative estimate of drug-likeness (QED) is 0.387. The summed E-state index contributed by atoms with van der Waals surface area (Å²) in [5, 5.41) is 21.9. The Balaban J connectivity index is 1.63. The Kier molecular flexibility index (Phi) is 6.55. The molecular weight excluding hydrogens is 478 g/mol. The molecule has 3 aromatic carbocycles. The number of benzene rings is 3. The monoisotopic (exact) mass is 507 g/mol. The Morgan fingerprint density at radius 2 is 1.78 bits per heavy atom. The number of carbonyl (C=O) groups is 1. The second-order valence-electron chi connectivity index (χ2n) is 9.50. The van der Waals surface area contributed by atoms with Crippen LogP contribution >= 0.6 is 11.6 Å². The number of hydrogen-bond donors (Lipinski definition) is 4. The smallest absolute Gasteiger partial charge is 0.242 e. The molecule has 5 rings (SSSR count). The van der Waals surface area contributed by atoms with E-state index in [1.165, 1.54) is 0 Å². The molecule has 2 aliphatic rings. The van der Waals surface area contributed by atoms with Gasteiger partial charge in [0.25, 0.3) is 0 Å². The van der Waals surface area contributed by atoms with Crippen LogP contribution in [0.3, 0.4) is 0 Å². The third-order valence-corrected chi connectivity index (χ3v) is 7.52. The molecule has 0 aliphatic carbocycles. The molecule has 2 heterocycles. The number of likely N-dealkylation sites (tertiary alicyclic amines) is 1. The van der Waals surface area contributed by atoms with Gasteiger partial charge >= 0.3 is 0 Å². The van der Waals surface area contributed by atoms with Crippen molar-refractivity contribution in [1.29, 1.82) is 0 Å². The average Bonchev–Trinajstić information content (AvgIpc) is 3.38. The molecular formula is C28H30ClN3O4. The maximum Gasteiger partial charge on any atom is 0.242 e. The number of amides is 1. The Hall–Kier alpha value is -3.26. The molecule has 4 unspecified atom stereocenters. The lowest BCUT2D eigenvalue weighted by atomic mass is 9.82. The summed E-state index contributed by atoms with van der Waals surface area (Å²) < 4.78 is 5.66. The Morgan fingerprint density at radius 1 is 1.03 bits per heavy atom. The summed E-state index contributed by atoms with van der Waals surface area (Å²) in [5.74, 6) is 0.330. The summed E-state index contributed by atoms with van der Waals surface area (Å²) in [4.78, 5) is 15.6. The zero-order valence-electron chi connectivity index (χ0n) is 20.5. The first kappa shape index (κ1) is 24.4. The number of hydrogen-bond acceptors (Lipinski definition) is 6. The molecule has 0 bridgehead atoms. The minimum Gasteiger partial charge on any atom is -0.507 e. The minimum atomic E-state index is -0.507. The van der Waals surface area contributed by atoms with Crippen LogP contribution in [0.4, 0.5) is 0 Å². The van der Waals surface area contributed by atoms with E-state index in [1.54, 1.807) is 12.1 Å². The third-order valence-electron chi connectivity index (χ3n) is 7.15. The molecule has 0 aromatic heterocycles. The molecule has 188 valence electrons. The first-order chi connectivity index (χ1) is 17.3. The predicted molar refractivity (Wildman–Crippen MR) is 138 cm³/mol. The zero-order valence-corrected chi connectivity index (χ0v) is 21.2. The van der Waals surface area contributed by atoms with Crippen molar-refractivity contribution in [3.63, 3.8) is 0 Å². The van der Waals surface area contributed by atoms with Crippen LogP contribution in [0.15, 0.2) is 54.6 Å². The second-order valence-corrected chi connectivity index (χ2v) is 9.91. The highest BCUT2D eigenvalue weighted by atomic mass is 35.5. The van der Waals surface area contributed by atoms with Crippen molar-refractivity contribution in [3.8, 4) is 17.2 Å². The van der Waals surface area contributed by atoms with Crippen molar-refractivity contribution >= 4 is 17.5 Å². The first-order valence-electron chi connectivity index (χ1n) is 12.1. The lowest BCUT2D eigenvalue weighted by Crippen LogP contribution is -2.41. The van der Waals surface area contributed by atoms with Crippen molar-refractivity contribution < 1.29 is 19.7 Å². The van der Waals surface area contributed by atoms with Crippen molar-refractivity contribution in [2.24, 2.45) is 5.92 Å². The Bertz CT molecular complexity index is 1310. The van der Waals surface area contributed by atoms with Gasteiger partial charge in [-0.1, -0.05) is 53.6 Å². The van der Waals surface area contributed by atoms with E-state index in [4.69, 9.17) is 16.3 Å². The summed E-state index contributed by atoms with van der Waals surface area (Å²) in [7, 11) is 0. The molecule has 0 spiro atoms. The SMILES string of the molecule is CCOc1cc(C2C3C(NNC3c3cc(C)cc(C)c3O)C(=O)N2Cc2ccccc2Cl)ccc1O. The highest BCUT2D eigenvalue weighted by molar-refractivity contribution is 6.31. The van der Waals surface area contributed by atoms with E-state index in [1.807, 2.05) is 68.1 Å². The number of nitrogens with zero attached hydrogens (tertiary/aromatic N) is 1. The van der Waals surface area contributed by atoms with Gasteiger partial charge in [0.05, 0.1) is 18.7 Å². The van der Waals surface area contributed by atoms with Gasteiger partial charge < -0.3 is 19.8 Å². The molecule has 8 heteroatoms. The normalized spacial score (nSPS) is 23.2. The molecule has 3 aromatic rings. The molecule has 4 N–H and O–H groups in total. The Morgan fingerprint density at radius 3 is 2.53 bits per heavy atom. The summed E-state index contributed by atoms with van der Waals surface area (Å²) in [5.41, 5.74) is 10.7. The highest BCUT2D eigenvalue weighted by Crippen LogP contribution is 2.50. The minimum absolute atomic E-state index is 0.0466. The molecule has 4 atom stereocenters. The Labute approximate surface area is 215 Å². The molecule has 7 nitrogen and oxygen atoms in total. The maximum atomic E-state index is 13.8. The van der Waals surface area contributed by atoms with E-state index < -0.39 is 6.04 Å². The maximum absolute atomic E-state index is 13.8. The number of nitrogens with one attached hydrogen (secondary N) is 2. The van der Waals surface area contributed by atoms with Crippen LogP contribution in [-0.2, 0) is 11.3 Å². The highest BCUT2D eigenvalue weighted by Gasteiger charge is 2.56. The van der Waals surface area contributed by atoms with E-state index >= 15 is 0 Å². The van der Waals surface area contributed by atoms with Gasteiger partial charge in [-0.25, -0.2) is 10.9 Å². The number of halogens is 1. The number of aromatic hydroxyl groups is 2. The van der Waals surface area contributed by atoms with Gasteiger partial charge in [0.1, 0.15) is 11.8 Å². The van der Waals surface area contributed by atoms with E-state index in [0.717, 1.165) is 27.8 Å². The van der Waals surface area contributed by atoms with Crippen molar-refractivity contribution in [1.82, 2.24) is 15.8 Å². The summed E-state index contributed by atoms with van der Waals surface area (Å²) >= 11 is 6.48. The zero-order chi connectivity index (χ0) is 25.6. The fraction of sp³-hybridized carbons (Fsp3) is 0.321. The van der Waals surface area contributed by atoms with Crippen molar-refractivity contribution in [2.45, 2.75) is 45.4 Å². The number of ether oxygens (including phenoxy) is 1. The summed E-state index contributed by atoms with van der Waals surface area (Å²) in [6.07, 6.45) is 0. The summed E-state index contributed by atoms with van der Waals surface area (Å²) in [6, 6.07) is 15.4. The van der Waals surface area contributed by atoms with Crippen LogP contribution in [0.2, 0.25) is 5.02 Å². The van der Waals surface area contributed by atoms with Crippen LogP contribution in [-0.4, -0.2) is 33.7 Å². The molecule has 0 saturated carbocycles. The lowest BCUT2D eigenvalue weighted by Gasteiger charge is -2.32. The lowest BCUT2D eigenvalue weighted by molar-refractivity contribution is -0.131. The predicted octanol–water partition coefficient (Wildman–Crippen LogP) is 4.68. The molecule has 1 amide bonds. The van der Waals surface area contributed by atoms with Crippen LogP contribution < -0.4 is 15.6 Å². The number of carbonyl (C=O) groups excluding carboxylic acids is 1. The van der Waals surface area contributed by atoms with Crippen LogP contribution in [0.25, 0.3) is 0 Å². The van der Waals surface area contributed by atoms with Gasteiger partial charge in [0.15, 0.2) is 11.5 Å². The van der Waals surface area contributed by atoms with Gasteiger partial charge in [0.2, 0.25) is 5.91 Å². The van der Waals surface area contributed by atoms with Crippen LogP contribution in [0.5, 0.6) is 17.2 Å². The topological polar surface area (TPSA) is 94.1 Å². The van der Waals surface area contributed by atoms with Gasteiger partial charge in [-0.3, -0.25) is 4.79 Å². The number of phenols is 2. The molecule has 2 saturated heterocycles. The van der Waals surface area contributed by atoms with E-state index in [-0.39, 0.29) is 35.4 Å². The third kappa shape index (κ3) is 4.17.